The molecule has 0 aliphatic heterocycles. The van der Waals surface area contributed by atoms with Crippen molar-refractivity contribution in [2.45, 2.75) is 20.0 Å². The van der Waals surface area contributed by atoms with Crippen LogP contribution in [0.5, 0.6) is 0 Å². The fourth-order valence-corrected chi connectivity index (χ4v) is 1.04. The second-order valence-corrected chi connectivity index (χ2v) is 3.71. The number of aliphatic hydroxyl groups excluding tert-OH is 1. The van der Waals surface area contributed by atoms with E-state index in [0.717, 1.165) is 0 Å². The van der Waals surface area contributed by atoms with Crippen LogP contribution in [0.25, 0.3) is 0 Å². The van der Waals surface area contributed by atoms with Crippen LogP contribution < -0.4 is 5.32 Å². The Morgan fingerprint density at radius 3 is 2.87 bits per heavy atom. The fraction of sp³-hybridized carbons (Fsp3) is 0.455. The highest BCUT2D eigenvalue weighted by atomic mass is 16.3. The van der Waals surface area contributed by atoms with Crippen molar-refractivity contribution < 1.29 is 5.11 Å². The van der Waals surface area contributed by atoms with Crippen LogP contribution in [0.15, 0.2) is 18.2 Å². The first-order valence-corrected chi connectivity index (χ1v) is 4.92. The Labute approximate surface area is 89.6 Å². The van der Waals surface area contributed by atoms with Gasteiger partial charge in [0.1, 0.15) is 17.6 Å². The predicted molar refractivity (Wildman–Crippen MR) is 58.3 cm³/mol. The highest BCUT2D eigenvalue weighted by molar-refractivity contribution is 5.38. The lowest BCUT2D eigenvalue weighted by atomic mass is 10.1. The number of nitrogens with one attached hydrogen (secondary N) is 1. The molecule has 1 atom stereocenters. The summed E-state index contributed by atoms with van der Waals surface area (Å²) in [6, 6.07) is 7.14. The third-order valence-electron chi connectivity index (χ3n) is 2.13. The number of aromatic nitrogens is 1. The summed E-state index contributed by atoms with van der Waals surface area (Å²) in [6.07, 6.45) is -0.405. The van der Waals surface area contributed by atoms with Gasteiger partial charge in [-0.05, 0) is 18.1 Å². The summed E-state index contributed by atoms with van der Waals surface area (Å²) >= 11 is 0. The highest BCUT2D eigenvalue weighted by Gasteiger charge is 2.08. The van der Waals surface area contributed by atoms with Crippen LogP contribution in [0, 0.1) is 17.2 Å². The van der Waals surface area contributed by atoms with Gasteiger partial charge in [-0.3, -0.25) is 0 Å². The second kappa shape index (κ2) is 5.32. The van der Waals surface area contributed by atoms with Gasteiger partial charge in [0.25, 0.3) is 0 Å². The minimum Gasteiger partial charge on any atom is -0.391 e. The minimum atomic E-state index is -0.405. The third kappa shape index (κ3) is 3.56. The molecule has 0 saturated carbocycles. The Morgan fingerprint density at radius 1 is 1.53 bits per heavy atom. The summed E-state index contributed by atoms with van der Waals surface area (Å²) in [5, 5.41) is 21.2. The molecule has 0 amide bonds. The molecule has 0 spiro atoms. The zero-order valence-corrected chi connectivity index (χ0v) is 8.94. The maximum absolute atomic E-state index is 9.56. The molecule has 0 radical (unpaired) electrons. The van der Waals surface area contributed by atoms with Crippen molar-refractivity contribution in [3.8, 4) is 6.07 Å². The summed E-state index contributed by atoms with van der Waals surface area (Å²) in [7, 11) is 0. The van der Waals surface area contributed by atoms with E-state index in [1.807, 2.05) is 19.9 Å². The van der Waals surface area contributed by atoms with Crippen molar-refractivity contribution in [1.82, 2.24) is 4.98 Å². The highest BCUT2D eigenvalue weighted by Crippen LogP contribution is 2.06. The van der Waals surface area contributed by atoms with Crippen molar-refractivity contribution in [2.24, 2.45) is 5.92 Å². The molecule has 80 valence electrons. The maximum Gasteiger partial charge on any atom is 0.142 e. The number of rotatable bonds is 4. The first-order chi connectivity index (χ1) is 7.13. The summed E-state index contributed by atoms with van der Waals surface area (Å²) in [5.41, 5.74) is 0.374. The molecule has 0 aliphatic rings. The Hall–Kier alpha value is -1.60. The van der Waals surface area contributed by atoms with Gasteiger partial charge in [0.2, 0.25) is 0 Å². The molecule has 0 aromatic carbocycles. The van der Waals surface area contributed by atoms with Crippen molar-refractivity contribution in [3.63, 3.8) is 0 Å². The summed E-state index contributed by atoms with van der Waals surface area (Å²) in [6.45, 7) is 4.34. The first-order valence-electron chi connectivity index (χ1n) is 4.92. The van der Waals surface area contributed by atoms with Crippen LogP contribution in [0.3, 0.4) is 0 Å². The molecule has 2 N–H and O–H groups in total. The van der Waals surface area contributed by atoms with E-state index in [0.29, 0.717) is 18.1 Å². The number of aliphatic hydroxyl groups is 1. The van der Waals surface area contributed by atoms with Gasteiger partial charge in [-0.15, -0.1) is 0 Å². The topological polar surface area (TPSA) is 68.9 Å². The normalized spacial score (nSPS) is 12.2. The standard InChI is InChI=1S/C11H15N3O/c1-8(2)10(15)7-13-11-5-3-4-9(6-12)14-11/h3-5,8,10,15H,7H2,1-2H3,(H,13,14). The lowest BCUT2D eigenvalue weighted by Crippen LogP contribution is -2.25. The van der Waals surface area contributed by atoms with E-state index in [2.05, 4.69) is 10.3 Å². The Morgan fingerprint density at radius 2 is 2.27 bits per heavy atom. The van der Waals surface area contributed by atoms with E-state index in [1.165, 1.54) is 0 Å². The van der Waals surface area contributed by atoms with Crippen LogP contribution in [-0.4, -0.2) is 22.7 Å². The van der Waals surface area contributed by atoms with Gasteiger partial charge in [-0.1, -0.05) is 19.9 Å². The largest absolute Gasteiger partial charge is 0.391 e. The van der Waals surface area contributed by atoms with Gasteiger partial charge >= 0.3 is 0 Å². The van der Waals surface area contributed by atoms with E-state index >= 15 is 0 Å². The maximum atomic E-state index is 9.56. The molecule has 4 nitrogen and oxygen atoms in total. The van der Waals surface area contributed by atoms with Gasteiger partial charge in [-0.2, -0.15) is 5.26 Å². The Kier molecular flexibility index (Phi) is 4.07. The average molecular weight is 205 g/mol. The summed E-state index contributed by atoms with van der Waals surface area (Å²) < 4.78 is 0. The van der Waals surface area contributed by atoms with Crippen LogP contribution in [0.1, 0.15) is 19.5 Å². The molecule has 4 heteroatoms. The average Bonchev–Trinajstić information content (AvgIpc) is 2.26. The Bertz CT molecular complexity index is 357. The van der Waals surface area contributed by atoms with E-state index in [-0.39, 0.29) is 5.92 Å². The molecule has 1 aromatic heterocycles. The molecule has 1 rings (SSSR count). The number of nitriles is 1. The van der Waals surface area contributed by atoms with Crippen molar-refractivity contribution >= 4 is 5.82 Å². The van der Waals surface area contributed by atoms with E-state index in [4.69, 9.17) is 5.26 Å². The van der Waals surface area contributed by atoms with E-state index < -0.39 is 6.10 Å². The molecule has 0 saturated heterocycles. The number of hydrogen-bond acceptors (Lipinski definition) is 4. The van der Waals surface area contributed by atoms with Crippen LogP contribution in [0.2, 0.25) is 0 Å². The molecule has 0 aliphatic carbocycles. The summed E-state index contributed by atoms with van der Waals surface area (Å²) in [5.74, 6) is 0.824. The molecule has 0 bridgehead atoms. The SMILES string of the molecule is CC(C)C(O)CNc1cccc(C#N)n1. The van der Waals surface area contributed by atoms with Crippen LogP contribution >= 0.6 is 0 Å². The molecular formula is C11H15N3O. The van der Waals surface area contributed by atoms with Gasteiger partial charge in [0.05, 0.1) is 6.10 Å². The predicted octanol–water partition coefficient (Wildman–Crippen LogP) is 1.38. The number of pyridine rings is 1. The van der Waals surface area contributed by atoms with Gasteiger partial charge < -0.3 is 10.4 Å². The number of anilines is 1. The van der Waals surface area contributed by atoms with Gasteiger partial charge in [-0.25, -0.2) is 4.98 Å². The molecule has 1 unspecified atom stereocenters. The minimum absolute atomic E-state index is 0.205. The zero-order chi connectivity index (χ0) is 11.3. The molecule has 0 fully saturated rings. The molecule has 1 aromatic rings. The molecule has 1 heterocycles. The lowest BCUT2D eigenvalue weighted by molar-refractivity contribution is 0.138. The molecular weight excluding hydrogens is 190 g/mol. The van der Waals surface area contributed by atoms with Gasteiger partial charge in [0, 0.05) is 6.54 Å². The number of hydrogen-bond donors (Lipinski definition) is 2. The smallest absolute Gasteiger partial charge is 0.142 e. The lowest BCUT2D eigenvalue weighted by Gasteiger charge is -2.15. The fourth-order valence-electron chi connectivity index (χ4n) is 1.04. The number of nitrogens with zero attached hydrogens (tertiary/aromatic N) is 2. The first kappa shape index (κ1) is 11.5. The Balaban J connectivity index is 2.55. The van der Waals surface area contributed by atoms with E-state index in [9.17, 15) is 5.11 Å². The quantitative estimate of drug-likeness (QED) is 0.779. The van der Waals surface area contributed by atoms with Crippen molar-refractivity contribution in [1.29, 1.82) is 5.26 Å². The third-order valence-corrected chi connectivity index (χ3v) is 2.13. The van der Waals surface area contributed by atoms with Crippen LogP contribution in [0.4, 0.5) is 5.82 Å². The van der Waals surface area contributed by atoms with Gasteiger partial charge in [0.15, 0.2) is 0 Å². The van der Waals surface area contributed by atoms with E-state index in [1.54, 1.807) is 18.2 Å². The molecule has 15 heavy (non-hydrogen) atoms. The summed E-state index contributed by atoms with van der Waals surface area (Å²) in [4.78, 5) is 4.04. The monoisotopic (exact) mass is 205 g/mol. The van der Waals surface area contributed by atoms with Crippen molar-refractivity contribution in [3.05, 3.63) is 23.9 Å². The second-order valence-electron chi connectivity index (χ2n) is 3.71. The van der Waals surface area contributed by atoms with Crippen molar-refractivity contribution in [2.75, 3.05) is 11.9 Å². The van der Waals surface area contributed by atoms with Crippen LogP contribution in [-0.2, 0) is 0 Å². The zero-order valence-electron chi connectivity index (χ0n) is 8.94.